The fourth-order valence-corrected chi connectivity index (χ4v) is 2.93. The van der Waals surface area contributed by atoms with Crippen molar-refractivity contribution >= 4 is 5.91 Å². The first-order valence-electron chi connectivity index (χ1n) is 6.71. The molecule has 92 valence electrons. The smallest absolute Gasteiger partial charge is 0.225 e. The molecule has 2 unspecified atom stereocenters. The van der Waals surface area contributed by atoms with Crippen LogP contribution in [0.2, 0.25) is 0 Å². The number of rotatable bonds is 3. The van der Waals surface area contributed by atoms with E-state index >= 15 is 0 Å². The summed E-state index contributed by atoms with van der Waals surface area (Å²) < 4.78 is 0. The van der Waals surface area contributed by atoms with Crippen molar-refractivity contribution in [3.05, 3.63) is 0 Å². The molecule has 0 aromatic rings. The second-order valence-corrected chi connectivity index (χ2v) is 5.40. The first-order valence-corrected chi connectivity index (χ1v) is 6.71. The predicted molar refractivity (Wildman–Crippen MR) is 65.2 cm³/mol. The molecule has 2 rings (SSSR count). The van der Waals surface area contributed by atoms with Crippen LogP contribution in [0, 0.1) is 5.92 Å². The molecule has 16 heavy (non-hydrogen) atoms. The highest BCUT2D eigenvalue weighted by atomic mass is 16.2. The Kier molecular flexibility index (Phi) is 3.85. The highest BCUT2D eigenvalue weighted by Gasteiger charge is 2.26. The van der Waals surface area contributed by atoms with E-state index in [0.29, 0.717) is 5.91 Å². The summed E-state index contributed by atoms with van der Waals surface area (Å²) in [5.74, 6) is 0.628. The molecule has 0 bridgehead atoms. The highest BCUT2D eigenvalue weighted by Crippen LogP contribution is 2.19. The summed E-state index contributed by atoms with van der Waals surface area (Å²) in [6.07, 6.45) is 4.91. The quantitative estimate of drug-likeness (QED) is 0.729. The average Bonchev–Trinajstić information content (AvgIpc) is 2.67. The van der Waals surface area contributed by atoms with Gasteiger partial charge in [-0.05, 0) is 39.2 Å². The molecular weight excluding hydrogens is 200 g/mol. The van der Waals surface area contributed by atoms with E-state index in [0.717, 1.165) is 32.1 Å². The van der Waals surface area contributed by atoms with E-state index in [1.165, 1.54) is 25.8 Å². The molecule has 2 fully saturated rings. The minimum Gasteiger partial charge on any atom is -0.341 e. The van der Waals surface area contributed by atoms with Crippen LogP contribution in [0.4, 0.5) is 0 Å². The van der Waals surface area contributed by atoms with Crippen LogP contribution in [0.25, 0.3) is 0 Å². The average molecular weight is 224 g/mol. The van der Waals surface area contributed by atoms with Crippen LogP contribution in [0.15, 0.2) is 0 Å². The molecule has 0 aromatic heterocycles. The van der Waals surface area contributed by atoms with E-state index in [9.17, 15) is 4.79 Å². The SMILES string of the molecule is CC1CCCN(CCN2CCCC2C)C1=O. The molecule has 1 amide bonds. The van der Waals surface area contributed by atoms with Crippen LogP contribution in [-0.2, 0) is 4.79 Å². The monoisotopic (exact) mass is 224 g/mol. The van der Waals surface area contributed by atoms with Crippen molar-refractivity contribution in [1.29, 1.82) is 0 Å². The van der Waals surface area contributed by atoms with E-state index in [1.54, 1.807) is 0 Å². The van der Waals surface area contributed by atoms with Crippen molar-refractivity contribution in [2.75, 3.05) is 26.2 Å². The summed E-state index contributed by atoms with van der Waals surface area (Å²) >= 11 is 0. The van der Waals surface area contributed by atoms with Gasteiger partial charge in [-0.2, -0.15) is 0 Å². The second-order valence-electron chi connectivity index (χ2n) is 5.40. The van der Waals surface area contributed by atoms with Gasteiger partial charge in [0.1, 0.15) is 0 Å². The van der Waals surface area contributed by atoms with Gasteiger partial charge >= 0.3 is 0 Å². The maximum absolute atomic E-state index is 11.9. The molecule has 2 aliphatic rings. The number of amides is 1. The molecule has 0 saturated carbocycles. The molecule has 0 radical (unpaired) electrons. The van der Waals surface area contributed by atoms with E-state index in [-0.39, 0.29) is 5.92 Å². The van der Waals surface area contributed by atoms with Gasteiger partial charge in [0.05, 0.1) is 0 Å². The third-order valence-electron chi connectivity index (χ3n) is 4.15. The number of nitrogens with zero attached hydrogens (tertiary/aromatic N) is 2. The van der Waals surface area contributed by atoms with Gasteiger partial charge in [0, 0.05) is 31.6 Å². The molecule has 2 heterocycles. The molecule has 0 aromatic carbocycles. The number of hydrogen-bond donors (Lipinski definition) is 0. The van der Waals surface area contributed by atoms with Crippen molar-refractivity contribution < 1.29 is 4.79 Å². The predicted octanol–water partition coefficient (Wildman–Crippen LogP) is 1.73. The molecule has 2 aliphatic heterocycles. The molecule has 2 saturated heterocycles. The van der Waals surface area contributed by atoms with E-state index < -0.39 is 0 Å². The van der Waals surface area contributed by atoms with Gasteiger partial charge in [-0.1, -0.05) is 6.92 Å². The fraction of sp³-hybridized carbons (Fsp3) is 0.923. The zero-order chi connectivity index (χ0) is 11.5. The van der Waals surface area contributed by atoms with Crippen LogP contribution in [0.5, 0.6) is 0 Å². The lowest BCUT2D eigenvalue weighted by molar-refractivity contribution is -0.137. The summed E-state index contributed by atoms with van der Waals surface area (Å²) in [6.45, 7) is 8.57. The van der Waals surface area contributed by atoms with Gasteiger partial charge in [0.15, 0.2) is 0 Å². The van der Waals surface area contributed by atoms with Crippen LogP contribution >= 0.6 is 0 Å². The number of hydrogen-bond acceptors (Lipinski definition) is 2. The highest BCUT2D eigenvalue weighted by molar-refractivity contribution is 5.79. The second kappa shape index (κ2) is 5.17. The lowest BCUT2D eigenvalue weighted by Gasteiger charge is -2.32. The molecule has 0 N–H and O–H groups in total. The van der Waals surface area contributed by atoms with Gasteiger partial charge in [0.25, 0.3) is 0 Å². The van der Waals surface area contributed by atoms with E-state index in [2.05, 4.69) is 23.6 Å². The molecule has 0 aliphatic carbocycles. The summed E-state index contributed by atoms with van der Waals surface area (Å²) in [4.78, 5) is 16.5. The Hall–Kier alpha value is -0.570. The zero-order valence-corrected chi connectivity index (χ0v) is 10.6. The Balaban J connectivity index is 1.78. The summed E-state index contributed by atoms with van der Waals surface area (Å²) in [7, 11) is 0. The van der Waals surface area contributed by atoms with Gasteiger partial charge in [-0.3, -0.25) is 9.69 Å². The lowest BCUT2D eigenvalue weighted by atomic mass is 9.99. The Morgan fingerprint density at radius 3 is 2.56 bits per heavy atom. The minimum absolute atomic E-state index is 0.254. The number of piperidine rings is 1. The Labute approximate surface area is 98.8 Å². The lowest BCUT2D eigenvalue weighted by Crippen LogP contribution is -2.44. The molecule has 3 nitrogen and oxygen atoms in total. The maximum atomic E-state index is 11.9. The van der Waals surface area contributed by atoms with E-state index in [1.807, 2.05) is 0 Å². The molecule has 2 atom stereocenters. The van der Waals surface area contributed by atoms with Crippen LogP contribution in [-0.4, -0.2) is 47.9 Å². The van der Waals surface area contributed by atoms with Crippen molar-refractivity contribution in [2.45, 2.75) is 45.6 Å². The Morgan fingerprint density at radius 2 is 1.88 bits per heavy atom. The first kappa shape index (κ1) is 11.9. The number of carbonyl (C=O) groups excluding carboxylic acids is 1. The molecular formula is C13H24N2O. The summed E-state index contributed by atoms with van der Waals surface area (Å²) in [5.41, 5.74) is 0. The number of likely N-dealkylation sites (tertiary alicyclic amines) is 2. The molecule has 0 spiro atoms. The topological polar surface area (TPSA) is 23.6 Å². The van der Waals surface area contributed by atoms with Gasteiger partial charge in [-0.25, -0.2) is 0 Å². The standard InChI is InChI=1S/C13H24N2O/c1-11-5-3-8-15(13(11)16)10-9-14-7-4-6-12(14)2/h11-12H,3-10H2,1-2H3. The Bertz CT molecular complexity index is 254. The Morgan fingerprint density at radius 1 is 1.12 bits per heavy atom. The largest absolute Gasteiger partial charge is 0.341 e. The van der Waals surface area contributed by atoms with Crippen LogP contribution < -0.4 is 0 Å². The minimum atomic E-state index is 0.254. The summed E-state index contributed by atoms with van der Waals surface area (Å²) in [5, 5.41) is 0. The van der Waals surface area contributed by atoms with Gasteiger partial charge < -0.3 is 4.90 Å². The fourth-order valence-electron chi connectivity index (χ4n) is 2.93. The van der Waals surface area contributed by atoms with Crippen LogP contribution in [0.1, 0.15) is 39.5 Å². The van der Waals surface area contributed by atoms with Crippen molar-refractivity contribution in [1.82, 2.24) is 9.80 Å². The van der Waals surface area contributed by atoms with Gasteiger partial charge in [-0.15, -0.1) is 0 Å². The maximum Gasteiger partial charge on any atom is 0.225 e. The van der Waals surface area contributed by atoms with Crippen molar-refractivity contribution in [2.24, 2.45) is 5.92 Å². The van der Waals surface area contributed by atoms with Crippen molar-refractivity contribution in [3.63, 3.8) is 0 Å². The normalized spacial score (nSPS) is 32.4. The first-order chi connectivity index (χ1) is 7.68. The van der Waals surface area contributed by atoms with Gasteiger partial charge in [0.2, 0.25) is 5.91 Å². The summed E-state index contributed by atoms with van der Waals surface area (Å²) in [6, 6.07) is 0.720. The molecule has 3 heteroatoms. The third kappa shape index (κ3) is 2.57. The van der Waals surface area contributed by atoms with Crippen LogP contribution in [0.3, 0.4) is 0 Å². The van der Waals surface area contributed by atoms with Crippen molar-refractivity contribution in [3.8, 4) is 0 Å². The zero-order valence-electron chi connectivity index (χ0n) is 10.6. The number of carbonyl (C=O) groups is 1. The van der Waals surface area contributed by atoms with E-state index in [4.69, 9.17) is 0 Å². The third-order valence-corrected chi connectivity index (χ3v) is 4.15.